The number of benzene rings is 1. The van der Waals surface area contributed by atoms with E-state index in [0.717, 1.165) is 61.5 Å². The molecule has 1 saturated heterocycles. The van der Waals surface area contributed by atoms with Crippen molar-refractivity contribution in [1.29, 1.82) is 0 Å². The molecule has 170 valence electrons. The molecule has 0 saturated carbocycles. The largest absolute Gasteiger partial charge is 0.454 e. The van der Waals surface area contributed by atoms with Crippen molar-refractivity contribution in [3.05, 3.63) is 41.3 Å². The van der Waals surface area contributed by atoms with E-state index in [4.69, 9.17) is 18.7 Å². The van der Waals surface area contributed by atoms with Crippen LogP contribution in [0.2, 0.25) is 0 Å². The molecule has 1 fully saturated rings. The number of aromatic nitrogens is 1. The van der Waals surface area contributed by atoms with Gasteiger partial charge >= 0.3 is 0 Å². The van der Waals surface area contributed by atoms with E-state index in [1.807, 2.05) is 12.1 Å². The second kappa shape index (κ2) is 10.5. The fraction of sp³-hybridized carbons (Fsp3) is 0.545. The second-order valence-corrected chi connectivity index (χ2v) is 8.11. The maximum Gasteiger partial charge on any atom is 0.231 e. The Balaban J connectivity index is 0.00000272. The molecule has 8 nitrogen and oxygen atoms in total. The zero-order valence-corrected chi connectivity index (χ0v) is 20.6. The minimum absolute atomic E-state index is 0. The lowest BCUT2D eigenvalue weighted by Gasteiger charge is -2.38. The summed E-state index contributed by atoms with van der Waals surface area (Å²) in [5.74, 6) is 3.48. The van der Waals surface area contributed by atoms with Gasteiger partial charge in [0.1, 0.15) is 0 Å². The van der Waals surface area contributed by atoms with Gasteiger partial charge in [0, 0.05) is 38.3 Å². The quantitative estimate of drug-likeness (QED) is 0.328. The first-order chi connectivity index (χ1) is 14.6. The average Bonchev–Trinajstić information content (AvgIpc) is 3.43. The zero-order chi connectivity index (χ0) is 21.0. The number of halogens is 1. The Morgan fingerprint density at radius 1 is 1.13 bits per heavy atom. The van der Waals surface area contributed by atoms with E-state index < -0.39 is 0 Å². The van der Waals surface area contributed by atoms with Crippen molar-refractivity contribution in [3.8, 4) is 11.5 Å². The molecule has 2 aliphatic rings. The Morgan fingerprint density at radius 2 is 1.90 bits per heavy atom. The van der Waals surface area contributed by atoms with E-state index in [1.54, 1.807) is 7.05 Å². The van der Waals surface area contributed by atoms with Gasteiger partial charge in [0.25, 0.3) is 0 Å². The first-order valence-electron chi connectivity index (χ1n) is 10.5. The minimum atomic E-state index is -0.0616. The Hall–Kier alpha value is -2.01. The van der Waals surface area contributed by atoms with Crippen molar-refractivity contribution in [3.63, 3.8) is 0 Å². The highest BCUT2D eigenvalue weighted by Crippen LogP contribution is 2.40. The van der Waals surface area contributed by atoms with Gasteiger partial charge in [-0.3, -0.25) is 4.99 Å². The van der Waals surface area contributed by atoms with Gasteiger partial charge in [-0.05, 0) is 36.5 Å². The summed E-state index contributed by atoms with van der Waals surface area (Å²) in [5.41, 5.74) is 2.13. The van der Waals surface area contributed by atoms with Crippen LogP contribution in [0.3, 0.4) is 0 Å². The smallest absolute Gasteiger partial charge is 0.231 e. The van der Waals surface area contributed by atoms with Crippen LogP contribution in [-0.4, -0.2) is 44.7 Å². The van der Waals surface area contributed by atoms with Crippen LogP contribution in [0, 0.1) is 0 Å². The highest BCUT2D eigenvalue weighted by molar-refractivity contribution is 14.0. The number of guanidine groups is 1. The van der Waals surface area contributed by atoms with Crippen molar-refractivity contribution < 1.29 is 18.7 Å². The topological polar surface area (TPSA) is 90.1 Å². The molecule has 0 spiro atoms. The molecule has 3 heterocycles. The van der Waals surface area contributed by atoms with Crippen molar-refractivity contribution in [2.45, 2.75) is 44.6 Å². The lowest BCUT2D eigenvalue weighted by atomic mass is 9.74. The standard InChI is InChI=1S/C22H30N4O4.HI/c1-15(2)18-11-17(30-26-18)12-24-21(23-3)25-13-22(6-8-27-9-7-22)16-4-5-19-20(10-16)29-14-28-19;/h4-5,10-11,15H,6-9,12-14H2,1-3H3,(H2,23,24,25);1H. The molecule has 0 radical (unpaired) electrons. The molecule has 2 N–H and O–H groups in total. The molecule has 9 heteroatoms. The Bertz CT molecular complexity index is 893. The molecule has 0 atom stereocenters. The SMILES string of the molecule is CN=C(NCc1cc(C(C)C)no1)NCC1(c2ccc3c(c2)OCO3)CCOCC1.I. The predicted octanol–water partition coefficient (Wildman–Crippen LogP) is 3.56. The van der Waals surface area contributed by atoms with Gasteiger partial charge in [-0.1, -0.05) is 25.1 Å². The highest BCUT2D eigenvalue weighted by Gasteiger charge is 2.36. The van der Waals surface area contributed by atoms with Gasteiger partial charge < -0.3 is 29.4 Å². The van der Waals surface area contributed by atoms with Crippen molar-refractivity contribution in [2.24, 2.45) is 4.99 Å². The third kappa shape index (κ3) is 5.43. The van der Waals surface area contributed by atoms with Crippen LogP contribution in [0.1, 0.15) is 49.6 Å². The lowest BCUT2D eigenvalue weighted by Crippen LogP contribution is -2.47. The predicted molar refractivity (Wildman–Crippen MR) is 129 cm³/mol. The molecule has 2 aromatic rings. The van der Waals surface area contributed by atoms with Crippen molar-refractivity contribution in [1.82, 2.24) is 15.8 Å². The number of ether oxygens (including phenoxy) is 3. The first-order valence-corrected chi connectivity index (χ1v) is 10.5. The Labute approximate surface area is 200 Å². The average molecular weight is 542 g/mol. The number of hydrogen-bond donors (Lipinski definition) is 2. The van der Waals surface area contributed by atoms with Crippen LogP contribution >= 0.6 is 24.0 Å². The normalized spacial score (nSPS) is 17.4. The number of rotatable bonds is 6. The third-order valence-electron chi connectivity index (χ3n) is 5.85. The number of nitrogens with one attached hydrogen (secondary N) is 2. The summed E-state index contributed by atoms with van der Waals surface area (Å²) in [6, 6.07) is 8.22. The van der Waals surface area contributed by atoms with Crippen LogP contribution in [0.5, 0.6) is 11.5 Å². The van der Waals surface area contributed by atoms with Crippen LogP contribution in [-0.2, 0) is 16.7 Å². The summed E-state index contributed by atoms with van der Waals surface area (Å²) in [6.45, 7) is 7.21. The molecule has 1 aromatic carbocycles. The van der Waals surface area contributed by atoms with Crippen LogP contribution in [0.15, 0.2) is 33.8 Å². The van der Waals surface area contributed by atoms with Gasteiger partial charge in [0.15, 0.2) is 23.2 Å². The number of hydrogen-bond acceptors (Lipinski definition) is 6. The van der Waals surface area contributed by atoms with E-state index in [0.29, 0.717) is 12.5 Å². The maximum atomic E-state index is 5.65. The summed E-state index contributed by atoms with van der Waals surface area (Å²) in [4.78, 5) is 4.37. The van der Waals surface area contributed by atoms with E-state index in [1.165, 1.54) is 5.56 Å². The number of fused-ring (bicyclic) bond motifs is 1. The summed E-state index contributed by atoms with van der Waals surface area (Å²) in [5, 5.41) is 10.9. The van der Waals surface area contributed by atoms with E-state index in [9.17, 15) is 0 Å². The summed E-state index contributed by atoms with van der Waals surface area (Å²) < 4.78 is 22.1. The highest BCUT2D eigenvalue weighted by atomic mass is 127. The van der Waals surface area contributed by atoms with E-state index >= 15 is 0 Å². The fourth-order valence-corrected chi connectivity index (χ4v) is 3.88. The monoisotopic (exact) mass is 542 g/mol. The third-order valence-corrected chi connectivity index (χ3v) is 5.85. The summed E-state index contributed by atoms with van der Waals surface area (Å²) >= 11 is 0. The molecule has 1 aromatic heterocycles. The minimum Gasteiger partial charge on any atom is -0.454 e. The molecule has 0 bridgehead atoms. The van der Waals surface area contributed by atoms with E-state index in [-0.39, 0.29) is 36.2 Å². The molecule has 4 rings (SSSR count). The van der Waals surface area contributed by atoms with Crippen molar-refractivity contribution >= 4 is 29.9 Å². The van der Waals surface area contributed by atoms with Crippen LogP contribution in [0.4, 0.5) is 0 Å². The lowest BCUT2D eigenvalue weighted by molar-refractivity contribution is 0.0513. The molecular formula is C22H31IN4O4. The van der Waals surface area contributed by atoms with E-state index in [2.05, 4.69) is 46.8 Å². The van der Waals surface area contributed by atoms with Gasteiger partial charge in [0.2, 0.25) is 6.79 Å². The number of aliphatic imine (C=N–C) groups is 1. The maximum absolute atomic E-state index is 5.65. The Kier molecular flexibility index (Phi) is 8.04. The molecular weight excluding hydrogens is 511 g/mol. The molecule has 0 unspecified atom stereocenters. The molecule has 0 amide bonds. The van der Waals surface area contributed by atoms with Gasteiger partial charge in [-0.2, -0.15) is 0 Å². The zero-order valence-electron chi connectivity index (χ0n) is 18.3. The van der Waals surface area contributed by atoms with Crippen LogP contribution < -0.4 is 20.1 Å². The molecule has 0 aliphatic carbocycles. The fourth-order valence-electron chi connectivity index (χ4n) is 3.88. The summed E-state index contributed by atoms with van der Waals surface area (Å²) in [7, 11) is 1.77. The molecule has 2 aliphatic heterocycles. The van der Waals surface area contributed by atoms with Gasteiger partial charge in [-0.25, -0.2) is 0 Å². The van der Waals surface area contributed by atoms with Crippen molar-refractivity contribution in [2.75, 3.05) is 33.6 Å². The molecule has 31 heavy (non-hydrogen) atoms. The first kappa shape index (κ1) is 23.6. The van der Waals surface area contributed by atoms with Crippen LogP contribution in [0.25, 0.3) is 0 Å². The Morgan fingerprint density at radius 3 is 2.61 bits per heavy atom. The van der Waals surface area contributed by atoms with Gasteiger partial charge in [0.05, 0.1) is 12.2 Å². The second-order valence-electron chi connectivity index (χ2n) is 8.11. The number of nitrogens with zero attached hydrogens (tertiary/aromatic N) is 2. The summed E-state index contributed by atoms with van der Waals surface area (Å²) in [6.07, 6.45) is 1.85. The van der Waals surface area contributed by atoms with Gasteiger partial charge in [-0.15, -0.1) is 24.0 Å².